The summed E-state index contributed by atoms with van der Waals surface area (Å²) in [6, 6.07) is 7.86. The van der Waals surface area contributed by atoms with Crippen molar-refractivity contribution >= 4 is 6.03 Å². The molecule has 1 aromatic rings. The van der Waals surface area contributed by atoms with Crippen LogP contribution in [0, 0.1) is 6.92 Å². The summed E-state index contributed by atoms with van der Waals surface area (Å²) in [5.74, 6) is 4.91. The van der Waals surface area contributed by atoms with E-state index in [1.54, 1.807) is 0 Å². The molecule has 0 unspecified atom stereocenters. The van der Waals surface area contributed by atoms with Crippen LogP contribution in [0.15, 0.2) is 24.3 Å². The summed E-state index contributed by atoms with van der Waals surface area (Å²) in [5, 5.41) is 2.62. The number of carbonyl (C=O) groups is 1. The van der Waals surface area contributed by atoms with E-state index in [9.17, 15) is 4.79 Å². The average molecular weight is 193 g/mol. The van der Waals surface area contributed by atoms with Gasteiger partial charge in [0.15, 0.2) is 0 Å². The number of carbonyl (C=O) groups excluding carboxylic acids is 1. The first-order chi connectivity index (χ1) is 6.72. The van der Waals surface area contributed by atoms with Gasteiger partial charge in [-0.2, -0.15) is 0 Å². The number of benzene rings is 1. The Morgan fingerprint density at radius 2 is 2.00 bits per heavy atom. The van der Waals surface area contributed by atoms with Crippen LogP contribution in [0.3, 0.4) is 0 Å². The van der Waals surface area contributed by atoms with Gasteiger partial charge in [0.05, 0.1) is 0 Å². The van der Waals surface area contributed by atoms with Crippen LogP contribution in [-0.4, -0.2) is 12.6 Å². The standard InChI is InChI=1S/C10H15N3O/c1-8-2-4-9(5-3-8)6-7-12-10(14)13-11/h2-5H,6-7,11H2,1H3,(H2,12,13,14). The second kappa shape index (κ2) is 5.24. The lowest BCUT2D eigenvalue weighted by Gasteiger charge is -2.04. The monoisotopic (exact) mass is 193 g/mol. The molecule has 0 fully saturated rings. The molecule has 0 aliphatic carbocycles. The number of nitrogens with one attached hydrogen (secondary N) is 2. The Hall–Kier alpha value is -1.55. The number of hydrogen-bond donors (Lipinski definition) is 3. The third-order valence-corrected chi connectivity index (χ3v) is 1.95. The van der Waals surface area contributed by atoms with E-state index in [2.05, 4.69) is 29.6 Å². The minimum absolute atomic E-state index is 0.350. The Morgan fingerprint density at radius 3 is 2.57 bits per heavy atom. The number of urea groups is 1. The molecule has 0 atom stereocenters. The van der Waals surface area contributed by atoms with Crippen LogP contribution < -0.4 is 16.6 Å². The van der Waals surface area contributed by atoms with E-state index in [1.807, 2.05) is 12.3 Å². The highest BCUT2D eigenvalue weighted by molar-refractivity contribution is 5.72. The van der Waals surface area contributed by atoms with Crippen molar-refractivity contribution in [3.8, 4) is 0 Å². The Labute approximate surface area is 83.5 Å². The van der Waals surface area contributed by atoms with Gasteiger partial charge in [-0.15, -0.1) is 0 Å². The molecular formula is C10H15N3O. The Kier molecular flexibility index (Phi) is 3.94. The first kappa shape index (κ1) is 10.5. The van der Waals surface area contributed by atoms with E-state index >= 15 is 0 Å². The predicted molar refractivity (Wildman–Crippen MR) is 55.6 cm³/mol. The maximum absolute atomic E-state index is 10.7. The van der Waals surface area contributed by atoms with E-state index in [-0.39, 0.29) is 6.03 Å². The van der Waals surface area contributed by atoms with Crippen LogP contribution in [0.2, 0.25) is 0 Å². The van der Waals surface area contributed by atoms with Gasteiger partial charge in [0, 0.05) is 6.54 Å². The average Bonchev–Trinajstić information content (AvgIpc) is 2.21. The second-order valence-corrected chi connectivity index (χ2v) is 3.14. The highest BCUT2D eigenvalue weighted by Gasteiger charge is 1.96. The lowest BCUT2D eigenvalue weighted by molar-refractivity contribution is 0.241. The van der Waals surface area contributed by atoms with Gasteiger partial charge in [-0.3, -0.25) is 5.43 Å². The molecule has 4 N–H and O–H groups in total. The van der Waals surface area contributed by atoms with Gasteiger partial charge in [0.25, 0.3) is 0 Å². The highest BCUT2D eigenvalue weighted by atomic mass is 16.2. The van der Waals surface area contributed by atoms with Crippen molar-refractivity contribution in [3.63, 3.8) is 0 Å². The number of amides is 2. The van der Waals surface area contributed by atoms with E-state index < -0.39 is 0 Å². The summed E-state index contributed by atoms with van der Waals surface area (Å²) in [5.41, 5.74) is 4.45. The molecule has 1 aromatic carbocycles. The molecule has 0 spiro atoms. The van der Waals surface area contributed by atoms with Crippen LogP contribution in [0.1, 0.15) is 11.1 Å². The first-order valence-electron chi connectivity index (χ1n) is 4.52. The van der Waals surface area contributed by atoms with Crippen LogP contribution >= 0.6 is 0 Å². The minimum atomic E-state index is -0.350. The summed E-state index contributed by atoms with van der Waals surface area (Å²) >= 11 is 0. The number of hydrogen-bond acceptors (Lipinski definition) is 2. The molecule has 0 heterocycles. The lowest BCUT2D eigenvalue weighted by atomic mass is 10.1. The molecule has 0 saturated carbocycles. The fourth-order valence-electron chi connectivity index (χ4n) is 1.13. The van der Waals surface area contributed by atoms with Gasteiger partial charge in [-0.1, -0.05) is 29.8 Å². The smallest absolute Gasteiger partial charge is 0.328 e. The zero-order valence-corrected chi connectivity index (χ0v) is 8.21. The fourth-order valence-corrected chi connectivity index (χ4v) is 1.13. The number of aryl methyl sites for hydroxylation is 1. The molecule has 0 aromatic heterocycles. The molecule has 14 heavy (non-hydrogen) atoms. The molecule has 0 bridgehead atoms. The predicted octanol–water partition coefficient (Wildman–Crippen LogP) is 0.710. The van der Waals surface area contributed by atoms with Crippen molar-refractivity contribution in [2.24, 2.45) is 5.84 Å². The molecule has 4 heteroatoms. The Bertz CT molecular complexity index is 295. The summed E-state index contributed by atoms with van der Waals surface area (Å²) in [6.45, 7) is 2.63. The van der Waals surface area contributed by atoms with Crippen LogP contribution in [0.25, 0.3) is 0 Å². The topological polar surface area (TPSA) is 67.2 Å². The molecule has 0 radical (unpaired) electrons. The maximum atomic E-state index is 10.7. The van der Waals surface area contributed by atoms with Crippen LogP contribution in [-0.2, 0) is 6.42 Å². The van der Waals surface area contributed by atoms with Crippen molar-refractivity contribution in [1.82, 2.24) is 10.7 Å². The fraction of sp³-hybridized carbons (Fsp3) is 0.300. The molecule has 0 saturated heterocycles. The summed E-state index contributed by atoms with van der Waals surface area (Å²) < 4.78 is 0. The van der Waals surface area contributed by atoms with Gasteiger partial charge in [-0.05, 0) is 18.9 Å². The minimum Gasteiger partial charge on any atom is -0.337 e. The molecular weight excluding hydrogens is 178 g/mol. The molecule has 0 aliphatic rings. The van der Waals surface area contributed by atoms with Gasteiger partial charge in [0.2, 0.25) is 0 Å². The SMILES string of the molecule is Cc1ccc(CCNC(=O)NN)cc1. The number of rotatable bonds is 3. The van der Waals surface area contributed by atoms with Crippen molar-refractivity contribution in [1.29, 1.82) is 0 Å². The quantitative estimate of drug-likeness (QED) is 0.376. The Balaban J connectivity index is 2.31. The van der Waals surface area contributed by atoms with Gasteiger partial charge < -0.3 is 5.32 Å². The highest BCUT2D eigenvalue weighted by Crippen LogP contribution is 2.02. The first-order valence-corrected chi connectivity index (χ1v) is 4.52. The molecule has 2 amide bonds. The number of nitrogens with two attached hydrogens (primary N) is 1. The lowest BCUT2D eigenvalue weighted by Crippen LogP contribution is -2.40. The molecule has 4 nitrogen and oxygen atoms in total. The van der Waals surface area contributed by atoms with Crippen LogP contribution in [0.4, 0.5) is 4.79 Å². The van der Waals surface area contributed by atoms with E-state index in [1.165, 1.54) is 11.1 Å². The van der Waals surface area contributed by atoms with Crippen molar-refractivity contribution in [2.75, 3.05) is 6.54 Å². The van der Waals surface area contributed by atoms with E-state index in [4.69, 9.17) is 5.84 Å². The third kappa shape index (κ3) is 3.45. The normalized spacial score (nSPS) is 9.57. The summed E-state index contributed by atoms with van der Waals surface area (Å²) in [7, 11) is 0. The summed E-state index contributed by atoms with van der Waals surface area (Å²) in [6.07, 6.45) is 0.813. The zero-order chi connectivity index (χ0) is 10.4. The third-order valence-electron chi connectivity index (χ3n) is 1.95. The van der Waals surface area contributed by atoms with E-state index in [0.29, 0.717) is 6.54 Å². The zero-order valence-electron chi connectivity index (χ0n) is 8.21. The summed E-state index contributed by atoms with van der Waals surface area (Å²) in [4.78, 5) is 10.7. The van der Waals surface area contributed by atoms with Crippen molar-refractivity contribution in [3.05, 3.63) is 35.4 Å². The maximum Gasteiger partial charge on any atom is 0.328 e. The van der Waals surface area contributed by atoms with Gasteiger partial charge >= 0.3 is 6.03 Å². The van der Waals surface area contributed by atoms with E-state index in [0.717, 1.165) is 6.42 Å². The van der Waals surface area contributed by atoms with Crippen molar-refractivity contribution in [2.45, 2.75) is 13.3 Å². The van der Waals surface area contributed by atoms with Crippen LogP contribution in [0.5, 0.6) is 0 Å². The second-order valence-electron chi connectivity index (χ2n) is 3.14. The largest absolute Gasteiger partial charge is 0.337 e. The van der Waals surface area contributed by atoms with Gasteiger partial charge in [-0.25, -0.2) is 10.6 Å². The number of hydrazine groups is 1. The molecule has 76 valence electrons. The van der Waals surface area contributed by atoms with Gasteiger partial charge in [0.1, 0.15) is 0 Å². The molecule has 1 rings (SSSR count). The molecule has 0 aliphatic heterocycles. The van der Waals surface area contributed by atoms with Crippen molar-refractivity contribution < 1.29 is 4.79 Å². The Morgan fingerprint density at radius 1 is 1.36 bits per heavy atom.